The second-order valence-corrected chi connectivity index (χ2v) is 7.40. The van der Waals surface area contributed by atoms with Crippen molar-refractivity contribution in [2.75, 3.05) is 0 Å². The molecule has 0 atom stereocenters. The third kappa shape index (κ3) is 3.62. The molecule has 3 rings (SSSR count). The van der Waals surface area contributed by atoms with Crippen molar-refractivity contribution in [2.45, 2.75) is 25.3 Å². The van der Waals surface area contributed by atoms with Gasteiger partial charge in [0.05, 0.1) is 17.1 Å². The highest BCUT2D eigenvalue weighted by atomic mass is 32.2. The van der Waals surface area contributed by atoms with E-state index in [1.165, 1.54) is 12.1 Å². The Kier molecular flexibility index (Phi) is 4.69. The van der Waals surface area contributed by atoms with Crippen molar-refractivity contribution in [3.8, 4) is 5.69 Å². The summed E-state index contributed by atoms with van der Waals surface area (Å²) in [5, 5.41) is 4.36. The lowest BCUT2D eigenvalue weighted by Gasteiger charge is -2.08. The molecule has 0 aliphatic carbocycles. The molecule has 0 amide bonds. The van der Waals surface area contributed by atoms with Crippen LogP contribution in [0.4, 0.5) is 4.39 Å². The second-order valence-electron chi connectivity index (χ2n) is 5.70. The summed E-state index contributed by atoms with van der Waals surface area (Å²) in [6.07, 6.45) is 0. The van der Waals surface area contributed by atoms with Crippen LogP contribution in [0, 0.1) is 19.7 Å². The van der Waals surface area contributed by atoms with Crippen molar-refractivity contribution in [1.82, 2.24) is 14.5 Å². The molecule has 1 N–H and O–H groups in total. The summed E-state index contributed by atoms with van der Waals surface area (Å²) in [5.41, 5.74) is 2.43. The van der Waals surface area contributed by atoms with Crippen LogP contribution in [0.5, 0.6) is 0 Å². The lowest BCUT2D eigenvalue weighted by Crippen LogP contribution is -2.24. The SMILES string of the molecule is Cc1nn(-c2ccccc2)c(C)c1S(=O)(=O)NCc1ccc(F)cc1. The van der Waals surface area contributed by atoms with Crippen molar-refractivity contribution >= 4 is 10.0 Å². The van der Waals surface area contributed by atoms with Gasteiger partial charge < -0.3 is 0 Å². The number of aryl methyl sites for hydroxylation is 1. The zero-order chi connectivity index (χ0) is 18.0. The van der Waals surface area contributed by atoms with Gasteiger partial charge in [0.2, 0.25) is 10.0 Å². The molecule has 0 aliphatic rings. The fourth-order valence-corrected chi connectivity index (χ4v) is 4.10. The number of hydrogen-bond donors (Lipinski definition) is 1. The first kappa shape index (κ1) is 17.3. The van der Waals surface area contributed by atoms with Gasteiger partial charge in [-0.1, -0.05) is 30.3 Å². The van der Waals surface area contributed by atoms with Gasteiger partial charge >= 0.3 is 0 Å². The number of hydrogen-bond acceptors (Lipinski definition) is 3. The summed E-state index contributed by atoms with van der Waals surface area (Å²) >= 11 is 0. The number of aromatic nitrogens is 2. The number of para-hydroxylation sites is 1. The lowest BCUT2D eigenvalue weighted by atomic mass is 10.2. The van der Waals surface area contributed by atoms with Gasteiger partial charge in [-0.2, -0.15) is 5.10 Å². The van der Waals surface area contributed by atoms with Gasteiger partial charge in [-0.15, -0.1) is 0 Å². The molecule has 3 aromatic rings. The van der Waals surface area contributed by atoms with Gasteiger partial charge in [-0.3, -0.25) is 0 Å². The molecule has 5 nitrogen and oxygen atoms in total. The smallest absolute Gasteiger partial charge is 0.236 e. The number of nitrogens with zero attached hydrogens (tertiary/aromatic N) is 2. The quantitative estimate of drug-likeness (QED) is 0.761. The van der Waals surface area contributed by atoms with E-state index in [4.69, 9.17) is 0 Å². The highest BCUT2D eigenvalue weighted by Gasteiger charge is 2.24. The highest BCUT2D eigenvalue weighted by Crippen LogP contribution is 2.22. The van der Waals surface area contributed by atoms with Crippen LogP contribution in [-0.4, -0.2) is 18.2 Å². The van der Waals surface area contributed by atoms with Crippen LogP contribution in [0.3, 0.4) is 0 Å². The van der Waals surface area contributed by atoms with Gasteiger partial charge in [-0.25, -0.2) is 22.2 Å². The van der Waals surface area contributed by atoms with Gasteiger partial charge in [0.1, 0.15) is 10.7 Å². The molecule has 2 aromatic carbocycles. The predicted molar refractivity (Wildman–Crippen MR) is 93.5 cm³/mol. The summed E-state index contributed by atoms with van der Waals surface area (Å²) in [5.74, 6) is -0.359. The van der Waals surface area contributed by atoms with Gasteiger partial charge in [-0.05, 0) is 43.7 Å². The normalized spacial score (nSPS) is 11.6. The number of sulfonamides is 1. The molecule has 0 bridgehead atoms. The highest BCUT2D eigenvalue weighted by molar-refractivity contribution is 7.89. The van der Waals surface area contributed by atoms with Gasteiger partial charge in [0, 0.05) is 6.54 Å². The van der Waals surface area contributed by atoms with Crippen molar-refractivity contribution < 1.29 is 12.8 Å². The summed E-state index contributed by atoms with van der Waals surface area (Å²) in [6, 6.07) is 15.0. The number of nitrogens with one attached hydrogen (secondary N) is 1. The van der Waals surface area contributed by atoms with E-state index in [-0.39, 0.29) is 17.3 Å². The van der Waals surface area contributed by atoms with E-state index < -0.39 is 10.0 Å². The average Bonchev–Trinajstić information content (AvgIpc) is 2.90. The Morgan fingerprint density at radius 2 is 1.68 bits per heavy atom. The van der Waals surface area contributed by atoms with E-state index in [1.54, 1.807) is 30.7 Å². The summed E-state index contributed by atoms with van der Waals surface area (Å²) in [6.45, 7) is 3.47. The maximum absolute atomic E-state index is 12.9. The van der Waals surface area contributed by atoms with E-state index in [0.29, 0.717) is 17.0 Å². The average molecular weight is 359 g/mol. The van der Waals surface area contributed by atoms with Crippen molar-refractivity contribution in [3.63, 3.8) is 0 Å². The van der Waals surface area contributed by atoms with Gasteiger partial charge in [0.15, 0.2) is 0 Å². The second kappa shape index (κ2) is 6.78. The Morgan fingerprint density at radius 3 is 2.32 bits per heavy atom. The van der Waals surface area contributed by atoms with E-state index >= 15 is 0 Å². The van der Waals surface area contributed by atoms with Crippen molar-refractivity contribution in [3.05, 3.63) is 77.4 Å². The molecule has 25 heavy (non-hydrogen) atoms. The summed E-state index contributed by atoms with van der Waals surface area (Å²) in [4.78, 5) is 0.165. The van der Waals surface area contributed by atoms with Gasteiger partial charge in [0.25, 0.3) is 0 Å². The molecule has 7 heteroatoms. The topological polar surface area (TPSA) is 64.0 Å². The fourth-order valence-electron chi connectivity index (χ4n) is 2.69. The van der Waals surface area contributed by atoms with E-state index in [9.17, 15) is 12.8 Å². The van der Waals surface area contributed by atoms with Crippen LogP contribution in [0.1, 0.15) is 17.0 Å². The molecule has 0 saturated heterocycles. The number of benzene rings is 2. The maximum atomic E-state index is 12.9. The standard InChI is InChI=1S/C18H18FN3O2S/c1-13-18(14(2)22(21-13)17-6-4-3-5-7-17)25(23,24)20-12-15-8-10-16(19)11-9-15/h3-11,20H,12H2,1-2H3. The lowest BCUT2D eigenvalue weighted by molar-refractivity contribution is 0.580. The van der Waals surface area contributed by atoms with E-state index in [0.717, 1.165) is 5.69 Å². The molecule has 0 saturated carbocycles. The molecule has 0 spiro atoms. The third-order valence-corrected chi connectivity index (χ3v) is 5.53. The van der Waals surface area contributed by atoms with E-state index in [2.05, 4.69) is 9.82 Å². The molecule has 130 valence electrons. The first-order valence-electron chi connectivity index (χ1n) is 7.74. The monoisotopic (exact) mass is 359 g/mol. The minimum Gasteiger partial charge on any atom is -0.236 e. The Labute approximate surface area is 146 Å². The Bertz CT molecular complexity index is 981. The van der Waals surface area contributed by atoms with E-state index in [1.807, 2.05) is 30.3 Å². The van der Waals surface area contributed by atoms with Crippen molar-refractivity contribution in [1.29, 1.82) is 0 Å². The first-order valence-corrected chi connectivity index (χ1v) is 9.22. The minimum absolute atomic E-state index is 0.0814. The van der Waals surface area contributed by atoms with Crippen LogP contribution in [-0.2, 0) is 16.6 Å². The Balaban J connectivity index is 1.90. The van der Waals surface area contributed by atoms with Crippen LogP contribution in [0.2, 0.25) is 0 Å². The zero-order valence-electron chi connectivity index (χ0n) is 13.9. The molecule has 1 aromatic heterocycles. The largest absolute Gasteiger partial charge is 0.244 e. The molecule has 0 fully saturated rings. The molecule has 1 heterocycles. The number of halogens is 1. The predicted octanol–water partition coefficient (Wildman–Crippen LogP) is 3.11. The van der Waals surface area contributed by atoms with Crippen LogP contribution in [0.25, 0.3) is 5.69 Å². The fraction of sp³-hybridized carbons (Fsp3) is 0.167. The first-order chi connectivity index (χ1) is 11.9. The molecule has 0 unspecified atom stereocenters. The van der Waals surface area contributed by atoms with Crippen LogP contribution < -0.4 is 4.72 Å². The van der Waals surface area contributed by atoms with Crippen LogP contribution >= 0.6 is 0 Å². The van der Waals surface area contributed by atoms with Crippen LogP contribution in [0.15, 0.2) is 59.5 Å². The summed E-state index contributed by atoms with van der Waals surface area (Å²) < 4.78 is 42.6. The molecule has 0 aliphatic heterocycles. The minimum atomic E-state index is -3.74. The third-order valence-electron chi connectivity index (χ3n) is 3.87. The van der Waals surface area contributed by atoms with Crippen molar-refractivity contribution in [2.24, 2.45) is 0 Å². The zero-order valence-corrected chi connectivity index (χ0v) is 14.7. The number of rotatable bonds is 5. The Morgan fingerprint density at radius 1 is 1.04 bits per heavy atom. The molecule has 0 radical (unpaired) electrons. The Hall–Kier alpha value is -2.51. The maximum Gasteiger partial charge on any atom is 0.244 e. The summed E-state index contributed by atoms with van der Waals surface area (Å²) in [7, 11) is -3.74. The molecular weight excluding hydrogens is 341 g/mol. The molecular formula is C18H18FN3O2S.